The maximum absolute atomic E-state index is 13.1. The smallest absolute Gasteiger partial charge is 0.307 e. The molecule has 2 unspecified atom stereocenters. The number of likely N-dealkylation sites (tertiary alicyclic amines) is 1. The summed E-state index contributed by atoms with van der Waals surface area (Å²) >= 11 is 0. The Bertz CT molecular complexity index is 823. The van der Waals surface area contributed by atoms with E-state index in [1.807, 2.05) is 42.5 Å². The Hall–Kier alpha value is -2.86. The fourth-order valence-electron chi connectivity index (χ4n) is 3.88. The van der Waals surface area contributed by atoms with E-state index in [4.69, 9.17) is 9.47 Å². The second kappa shape index (κ2) is 10.8. The van der Waals surface area contributed by atoms with Crippen LogP contribution in [-0.4, -0.2) is 44.1 Å². The number of nitrogens with one attached hydrogen (secondary N) is 1. The summed E-state index contributed by atoms with van der Waals surface area (Å²) in [6.45, 7) is 2.55. The van der Waals surface area contributed by atoms with Gasteiger partial charge in [0.1, 0.15) is 5.75 Å². The van der Waals surface area contributed by atoms with E-state index in [1.165, 1.54) is 12.7 Å². The van der Waals surface area contributed by atoms with Crippen LogP contribution < -0.4 is 10.1 Å². The maximum Gasteiger partial charge on any atom is 0.307 e. The van der Waals surface area contributed by atoms with Crippen molar-refractivity contribution in [1.82, 2.24) is 10.2 Å². The van der Waals surface area contributed by atoms with E-state index in [0.717, 1.165) is 37.2 Å². The number of hydrogen-bond donors (Lipinski definition) is 1. The van der Waals surface area contributed by atoms with Crippen molar-refractivity contribution in [2.75, 3.05) is 27.3 Å². The fraction of sp³-hybridized carbons (Fsp3) is 0.417. The van der Waals surface area contributed by atoms with Gasteiger partial charge in [-0.2, -0.15) is 0 Å². The first-order chi connectivity index (χ1) is 14.6. The van der Waals surface area contributed by atoms with E-state index in [9.17, 15) is 9.59 Å². The molecule has 2 aromatic rings. The lowest BCUT2D eigenvalue weighted by molar-refractivity contribution is -0.141. The highest BCUT2D eigenvalue weighted by Crippen LogP contribution is 2.24. The molecule has 1 heterocycles. The van der Waals surface area contributed by atoms with Crippen LogP contribution in [0.25, 0.3) is 0 Å². The summed E-state index contributed by atoms with van der Waals surface area (Å²) in [6.07, 6.45) is 1.93. The molecule has 3 rings (SSSR count). The third kappa shape index (κ3) is 6.07. The van der Waals surface area contributed by atoms with Crippen molar-refractivity contribution >= 4 is 11.9 Å². The number of amides is 1. The van der Waals surface area contributed by atoms with Crippen molar-refractivity contribution in [3.05, 3.63) is 65.7 Å². The van der Waals surface area contributed by atoms with Gasteiger partial charge in [0.2, 0.25) is 5.91 Å². The highest BCUT2D eigenvalue weighted by molar-refractivity contribution is 5.80. The quantitative estimate of drug-likeness (QED) is 0.676. The van der Waals surface area contributed by atoms with Crippen molar-refractivity contribution in [1.29, 1.82) is 0 Å². The Morgan fingerprint density at radius 1 is 1.10 bits per heavy atom. The number of nitrogens with zero attached hydrogens (tertiary/aromatic N) is 1. The average molecular weight is 411 g/mol. The number of ether oxygens (including phenoxy) is 2. The van der Waals surface area contributed by atoms with Gasteiger partial charge < -0.3 is 14.8 Å². The van der Waals surface area contributed by atoms with E-state index >= 15 is 0 Å². The molecule has 6 heteroatoms. The third-order valence-corrected chi connectivity index (χ3v) is 5.56. The number of carbonyl (C=O) groups is 2. The van der Waals surface area contributed by atoms with Gasteiger partial charge in [-0.05, 0) is 42.6 Å². The first-order valence-corrected chi connectivity index (χ1v) is 10.4. The van der Waals surface area contributed by atoms with Crippen LogP contribution in [0.2, 0.25) is 0 Å². The zero-order valence-corrected chi connectivity index (χ0v) is 17.7. The summed E-state index contributed by atoms with van der Waals surface area (Å²) in [5.41, 5.74) is 2.10. The molecule has 160 valence electrons. The lowest BCUT2D eigenvalue weighted by Crippen LogP contribution is -2.44. The van der Waals surface area contributed by atoms with Crippen LogP contribution in [-0.2, 0) is 20.9 Å². The van der Waals surface area contributed by atoms with Crippen molar-refractivity contribution < 1.29 is 19.1 Å². The molecule has 1 aliphatic heterocycles. The molecule has 1 saturated heterocycles. The van der Waals surface area contributed by atoms with E-state index in [-0.39, 0.29) is 24.2 Å². The molecule has 0 radical (unpaired) electrons. The summed E-state index contributed by atoms with van der Waals surface area (Å²) in [5.74, 6) is 0.259. The van der Waals surface area contributed by atoms with Gasteiger partial charge in [-0.25, -0.2) is 0 Å². The van der Waals surface area contributed by atoms with Crippen molar-refractivity contribution in [3.8, 4) is 5.75 Å². The number of carbonyl (C=O) groups excluding carboxylic acids is 2. The molecule has 0 aromatic heterocycles. The van der Waals surface area contributed by atoms with Crippen molar-refractivity contribution in [3.63, 3.8) is 0 Å². The van der Waals surface area contributed by atoms with Crippen LogP contribution in [0.1, 0.15) is 36.4 Å². The number of esters is 1. The minimum Gasteiger partial charge on any atom is -0.497 e. The van der Waals surface area contributed by atoms with E-state index in [1.54, 1.807) is 7.11 Å². The normalized spacial score (nSPS) is 17.7. The van der Waals surface area contributed by atoms with E-state index < -0.39 is 6.04 Å². The topological polar surface area (TPSA) is 67.9 Å². The minimum atomic E-state index is -0.430. The van der Waals surface area contributed by atoms with Crippen LogP contribution in [0.5, 0.6) is 5.75 Å². The standard InChI is InChI=1S/C24H30N2O4/c1-29-21-12-10-19(11-13-21)22(15-23(27)30-2)25-24(28)20-9-6-14-26(17-20)16-18-7-4-3-5-8-18/h3-5,7-8,10-13,20,22H,6,9,14-17H2,1-2H3,(H,25,28). The summed E-state index contributed by atoms with van der Waals surface area (Å²) in [5, 5.41) is 3.08. The third-order valence-electron chi connectivity index (χ3n) is 5.56. The predicted molar refractivity (Wildman–Crippen MR) is 115 cm³/mol. The Morgan fingerprint density at radius 2 is 1.83 bits per heavy atom. The summed E-state index contributed by atoms with van der Waals surface area (Å²) < 4.78 is 10.0. The highest BCUT2D eigenvalue weighted by Gasteiger charge is 2.28. The van der Waals surface area contributed by atoms with Gasteiger partial charge >= 0.3 is 5.97 Å². The van der Waals surface area contributed by atoms with Crippen molar-refractivity contribution in [2.45, 2.75) is 31.8 Å². The lowest BCUT2D eigenvalue weighted by Gasteiger charge is -2.33. The first-order valence-electron chi connectivity index (χ1n) is 10.4. The Morgan fingerprint density at radius 3 is 2.50 bits per heavy atom. The van der Waals surface area contributed by atoms with Gasteiger partial charge in [-0.3, -0.25) is 14.5 Å². The van der Waals surface area contributed by atoms with Gasteiger partial charge in [0.15, 0.2) is 0 Å². The Kier molecular flexibility index (Phi) is 7.85. The van der Waals surface area contributed by atoms with Crippen LogP contribution >= 0.6 is 0 Å². The molecule has 0 bridgehead atoms. The number of benzene rings is 2. The largest absolute Gasteiger partial charge is 0.497 e. The van der Waals surface area contributed by atoms with Crippen LogP contribution in [0.15, 0.2) is 54.6 Å². The lowest BCUT2D eigenvalue weighted by atomic mass is 9.95. The van der Waals surface area contributed by atoms with Gasteiger partial charge in [0, 0.05) is 13.1 Å². The van der Waals surface area contributed by atoms with Crippen LogP contribution in [0.3, 0.4) is 0 Å². The average Bonchev–Trinajstić information content (AvgIpc) is 2.79. The molecule has 2 atom stereocenters. The molecule has 1 fully saturated rings. The fourth-order valence-corrected chi connectivity index (χ4v) is 3.88. The van der Waals surface area contributed by atoms with Gasteiger partial charge in [-0.15, -0.1) is 0 Å². The molecule has 2 aromatic carbocycles. The van der Waals surface area contributed by atoms with Gasteiger partial charge in [-0.1, -0.05) is 42.5 Å². The number of methoxy groups -OCH3 is 2. The Labute approximate surface area is 178 Å². The second-order valence-electron chi connectivity index (χ2n) is 7.67. The molecule has 1 aliphatic rings. The SMILES string of the molecule is COC(=O)CC(NC(=O)C1CCCN(Cc2ccccc2)C1)c1ccc(OC)cc1. The molecule has 1 amide bonds. The Balaban J connectivity index is 1.65. The predicted octanol–water partition coefficient (Wildman–Crippen LogP) is 3.33. The molecule has 1 N–H and O–H groups in total. The van der Waals surface area contributed by atoms with Crippen molar-refractivity contribution in [2.24, 2.45) is 5.92 Å². The zero-order valence-electron chi connectivity index (χ0n) is 17.7. The number of rotatable bonds is 8. The van der Waals surface area contributed by atoms with Gasteiger partial charge in [0.25, 0.3) is 0 Å². The molecular formula is C24H30N2O4. The maximum atomic E-state index is 13.1. The highest BCUT2D eigenvalue weighted by atomic mass is 16.5. The molecule has 0 aliphatic carbocycles. The summed E-state index contributed by atoms with van der Waals surface area (Å²) in [4.78, 5) is 27.3. The first kappa shape index (κ1) is 21.8. The summed E-state index contributed by atoms with van der Waals surface area (Å²) in [7, 11) is 2.96. The molecule has 0 saturated carbocycles. The molecule has 0 spiro atoms. The number of piperidine rings is 1. The summed E-state index contributed by atoms with van der Waals surface area (Å²) in [6, 6.07) is 17.3. The second-order valence-corrected chi connectivity index (χ2v) is 7.67. The molecular weight excluding hydrogens is 380 g/mol. The van der Waals surface area contributed by atoms with Gasteiger partial charge in [0.05, 0.1) is 32.6 Å². The minimum absolute atomic E-state index is 0.0162. The van der Waals surface area contributed by atoms with Crippen LogP contribution in [0.4, 0.5) is 0 Å². The van der Waals surface area contributed by atoms with E-state index in [2.05, 4.69) is 22.3 Å². The van der Waals surface area contributed by atoms with Crippen LogP contribution in [0, 0.1) is 5.92 Å². The number of hydrogen-bond acceptors (Lipinski definition) is 5. The zero-order chi connectivity index (χ0) is 21.3. The molecule has 6 nitrogen and oxygen atoms in total. The van der Waals surface area contributed by atoms with E-state index in [0.29, 0.717) is 6.54 Å². The molecule has 30 heavy (non-hydrogen) atoms. The monoisotopic (exact) mass is 410 g/mol.